The van der Waals surface area contributed by atoms with Gasteiger partial charge >= 0.3 is 0 Å². The van der Waals surface area contributed by atoms with Crippen molar-refractivity contribution in [1.29, 1.82) is 0 Å². The number of rotatable bonds is 3. The van der Waals surface area contributed by atoms with Crippen molar-refractivity contribution in [3.63, 3.8) is 0 Å². The molecule has 0 saturated heterocycles. The van der Waals surface area contributed by atoms with Crippen molar-refractivity contribution in [3.05, 3.63) is 46.7 Å². The van der Waals surface area contributed by atoms with Crippen LogP contribution in [0.25, 0.3) is 22.2 Å². The molecule has 0 aliphatic carbocycles. The fourth-order valence-electron chi connectivity index (χ4n) is 2.29. The van der Waals surface area contributed by atoms with Crippen LogP contribution >= 0.6 is 23.2 Å². The number of benzene rings is 2. The van der Waals surface area contributed by atoms with E-state index in [1.165, 1.54) is 0 Å². The molecule has 0 fully saturated rings. The van der Waals surface area contributed by atoms with Gasteiger partial charge in [0.15, 0.2) is 0 Å². The Balaban J connectivity index is 2.25. The number of fused-ring (bicyclic) bond motifs is 1. The molecule has 1 aromatic heterocycles. The predicted octanol–water partition coefficient (Wildman–Crippen LogP) is 5.32. The number of nitrogens with zero attached hydrogens (tertiary/aromatic N) is 1. The molecule has 0 unspecified atom stereocenters. The van der Waals surface area contributed by atoms with E-state index in [-0.39, 0.29) is 6.10 Å². The maximum atomic E-state index is 6.51. The Kier molecular flexibility index (Phi) is 3.79. The Hall–Kier alpha value is -1.71. The minimum atomic E-state index is 0.0674. The van der Waals surface area contributed by atoms with E-state index in [4.69, 9.17) is 27.9 Å². The third-order valence-electron chi connectivity index (χ3n) is 3.13. The molecule has 0 aliphatic heterocycles. The Labute approximate surface area is 132 Å². The second-order valence-corrected chi connectivity index (χ2v) is 5.79. The normalized spacial score (nSPS) is 11.3. The van der Waals surface area contributed by atoms with Crippen molar-refractivity contribution < 1.29 is 4.74 Å². The number of para-hydroxylation sites is 1. The van der Waals surface area contributed by atoms with Crippen molar-refractivity contribution in [3.8, 4) is 16.9 Å². The second-order valence-electron chi connectivity index (χ2n) is 5.01. The van der Waals surface area contributed by atoms with Crippen LogP contribution in [-0.2, 0) is 0 Å². The summed E-state index contributed by atoms with van der Waals surface area (Å²) in [5.41, 5.74) is 3.13. The first-order valence-corrected chi connectivity index (χ1v) is 7.40. The molecular weight excluding hydrogens is 307 g/mol. The molecule has 0 spiro atoms. The van der Waals surface area contributed by atoms with Crippen molar-refractivity contribution in [1.82, 2.24) is 9.97 Å². The van der Waals surface area contributed by atoms with Gasteiger partial charge in [-0.1, -0.05) is 41.4 Å². The van der Waals surface area contributed by atoms with Gasteiger partial charge in [-0.05, 0) is 26.0 Å². The first-order chi connectivity index (χ1) is 10.1. The fraction of sp³-hybridized carbons (Fsp3) is 0.188. The van der Waals surface area contributed by atoms with E-state index in [2.05, 4.69) is 9.97 Å². The van der Waals surface area contributed by atoms with Gasteiger partial charge in [-0.2, -0.15) is 0 Å². The summed E-state index contributed by atoms with van der Waals surface area (Å²) >= 11 is 12.9. The van der Waals surface area contributed by atoms with E-state index in [0.29, 0.717) is 15.6 Å². The van der Waals surface area contributed by atoms with E-state index in [9.17, 15) is 0 Å². The van der Waals surface area contributed by atoms with Crippen LogP contribution in [0.3, 0.4) is 0 Å². The highest BCUT2D eigenvalue weighted by molar-refractivity contribution is 6.42. The van der Waals surface area contributed by atoms with Crippen LogP contribution < -0.4 is 4.74 Å². The van der Waals surface area contributed by atoms with Gasteiger partial charge in [0.1, 0.15) is 11.3 Å². The summed E-state index contributed by atoms with van der Waals surface area (Å²) in [6.07, 6.45) is 1.67. The molecule has 2 aromatic carbocycles. The monoisotopic (exact) mass is 320 g/mol. The number of nitrogens with one attached hydrogen (secondary N) is 1. The van der Waals surface area contributed by atoms with Crippen LogP contribution in [0.1, 0.15) is 13.8 Å². The quantitative estimate of drug-likeness (QED) is 0.708. The van der Waals surface area contributed by atoms with Crippen LogP contribution in [0.4, 0.5) is 0 Å². The highest BCUT2D eigenvalue weighted by Gasteiger charge is 2.18. The molecule has 1 N–H and O–H groups in total. The second kappa shape index (κ2) is 5.58. The lowest BCUT2D eigenvalue weighted by atomic mass is 10.0. The predicted molar refractivity (Wildman–Crippen MR) is 87.3 cm³/mol. The Morgan fingerprint density at radius 1 is 1.19 bits per heavy atom. The number of H-pyrrole nitrogens is 1. The zero-order valence-electron chi connectivity index (χ0n) is 11.7. The number of halogens is 2. The Bertz CT molecular complexity index is 796. The van der Waals surface area contributed by atoms with Gasteiger partial charge in [0, 0.05) is 11.1 Å². The number of imidazole rings is 1. The summed E-state index contributed by atoms with van der Waals surface area (Å²) in [6.45, 7) is 3.97. The molecule has 0 aliphatic rings. The number of aromatic amines is 1. The summed E-state index contributed by atoms with van der Waals surface area (Å²) in [5.74, 6) is 0.756. The Morgan fingerprint density at radius 2 is 1.95 bits per heavy atom. The highest BCUT2D eigenvalue weighted by Crippen LogP contribution is 2.42. The average molecular weight is 321 g/mol. The highest BCUT2D eigenvalue weighted by atomic mass is 35.5. The minimum absolute atomic E-state index is 0.0674. The third-order valence-corrected chi connectivity index (χ3v) is 3.79. The maximum absolute atomic E-state index is 6.51. The van der Waals surface area contributed by atoms with E-state index >= 15 is 0 Å². The van der Waals surface area contributed by atoms with Crippen LogP contribution in [0.5, 0.6) is 5.75 Å². The van der Waals surface area contributed by atoms with Gasteiger partial charge in [0.25, 0.3) is 0 Å². The lowest BCUT2D eigenvalue weighted by Crippen LogP contribution is -2.06. The molecule has 0 radical (unpaired) electrons. The van der Waals surface area contributed by atoms with E-state index in [1.807, 2.05) is 44.2 Å². The number of hydrogen-bond acceptors (Lipinski definition) is 2. The lowest BCUT2D eigenvalue weighted by molar-refractivity contribution is 0.243. The van der Waals surface area contributed by atoms with Gasteiger partial charge in [-0.3, -0.25) is 0 Å². The first kappa shape index (κ1) is 14.2. The van der Waals surface area contributed by atoms with E-state index in [1.54, 1.807) is 6.33 Å². The summed E-state index contributed by atoms with van der Waals surface area (Å²) < 4.78 is 5.86. The number of hydrogen-bond donors (Lipinski definition) is 1. The molecule has 0 saturated carbocycles. The molecule has 0 atom stereocenters. The number of ether oxygens (including phenoxy) is 1. The maximum Gasteiger partial charge on any atom is 0.127 e. The van der Waals surface area contributed by atoms with Gasteiger partial charge in [0.05, 0.1) is 28.0 Å². The van der Waals surface area contributed by atoms with E-state index in [0.717, 1.165) is 22.4 Å². The summed E-state index contributed by atoms with van der Waals surface area (Å²) in [6, 6.07) is 9.55. The number of aromatic nitrogens is 2. The SMILES string of the molecule is CC(C)Oc1ccccc1-c1c(Cl)cc2[nH]cnc2c1Cl. The van der Waals surface area contributed by atoms with Crippen molar-refractivity contribution in [2.45, 2.75) is 20.0 Å². The minimum Gasteiger partial charge on any atom is -0.490 e. The molecule has 0 bridgehead atoms. The zero-order valence-corrected chi connectivity index (χ0v) is 13.2. The standard InChI is InChI=1S/C16H14Cl2N2O/c1-9(2)21-13-6-4-3-5-10(13)14-11(17)7-12-16(15(14)18)20-8-19-12/h3-9H,1-2H3,(H,19,20). The molecule has 0 amide bonds. The van der Waals surface area contributed by atoms with Crippen molar-refractivity contribution in [2.75, 3.05) is 0 Å². The molecule has 3 rings (SSSR count). The molecule has 21 heavy (non-hydrogen) atoms. The summed E-state index contributed by atoms with van der Waals surface area (Å²) in [5, 5.41) is 1.09. The van der Waals surface area contributed by atoms with Gasteiger partial charge in [0.2, 0.25) is 0 Å². The fourth-order valence-corrected chi connectivity index (χ4v) is 3.00. The zero-order chi connectivity index (χ0) is 15.0. The average Bonchev–Trinajstić information content (AvgIpc) is 2.88. The molecular formula is C16H14Cl2N2O. The van der Waals surface area contributed by atoms with Crippen molar-refractivity contribution >= 4 is 34.2 Å². The molecule has 108 valence electrons. The first-order valence-electron chi connectivity index (χ1n) is 6.65. The Morgan fingerprint density at radius 3 is 2.71 bits per heavy atom. The van der Waals surface area contributed by atoms with Gasteiger partial charge < -0.3 is 9.72 Å². The third kappa shape index (κ3) is 2.59. The molecule has 3 aromatic rings. The topological polar surface area (TPSA) is 37.9 Å². The van der Waals surface area contributed by atoms with Crippen LogP contribution in [-0.4, -0.2) is 16.1 Å². The largest absolute Gasteiger partial charge is 0.490 e. The summed E-state index contributed by atoms with van der Waals surface area (Å²) in [4.78, 5) is 7.26. The van der Waals surface area contributed by atoms with Crippen molar-refractivity contribution in [2.24, 2.45) is 0 Å². The smallest absolute Gasteiger partial charge is 0.127 e. The molecule has 5 heteroatoms. The molecule has 1 heterocycles. The lowest BCUT2D eigenvalue weighted by Gasteiger charge is -2.16. The van der Waals surface area contributed by atoms with Crippen LogP contribution in [0, 0.1) is 0 Å². The van der Waals surface area contributed by atoms with E-state index < -0.39 is 0 Å². The molecule has 3 nitrogen and oxygen atoms in total. The van der Waals surface area contributed by atoms with Crippen LogP contribution in [0.2, 0.25) is 10.0 Å². The summed E-state index contributed by atoms with van der Waals surface area (Å²) in [7, 11) is 0. The van der Waals surface area contributed by atoms with Gasteiger partial charge in [-0.15, -0.1) is 0 Å². The van der Waals surface area contributed by atoms with Gasteiger partial charge in [-0.25, -0.2) is 4.98 Å². The van der Waals surface area contributed by atoms with Crippen LogP contribution in [0.15, 0.2) is 36.7 Å².